The molecule has 1 aliphatic rings. The first-order chi connectivity index (χ1) is 7.06. The van der Waals surface area contributed by atoms with Crippen LogP contribution in [-0.2, 0) is 4.79 Å². The summed E-state index contributed by atoms with van der Waals surface area (Å²) < 4.78 is 0. The molecule has 1 amide bonds. The number of carbonyl (C=O) groups excluding carboxylic acids is 1. The number of aryl methyl sites for hydroxylation is 1. The standard InChI is InChI=1S/C11H14N2O2/c1-7-2-9(5-10(14)3-7)13-6-8(12)4-11(13)15/h2-3,5,8,14H,4,6,12H2,1H3. The normalized spacial score (nSPS) is 21.1. The molecule has 0 bridgehead atoms. The monoisotopic (exact) mass is 206 g/mol. The van der Waals surface area contributed by atoms with E-state index >= 15 is 0 Å². The number of hydrogen-bond donors (Lipinski definition) is 2. The van der Waals surface area contributed by atoms with Crippen LogP contribution in [0.25, 0.3) is 0 Å². The van der Waals surface area contributed by atoms with Crippen molar-refractivity contribution >= 4 is 11.6 Å². The molecule has 1 aromatic carbocycles. The molecule has 1 fully saturated rings. The number of rotatable bonds is 1. The molecule has 2 rings (SSSR count). The Morgan fingerprint density at radius 2 is 2.20 bits per heavy atom. The highest BCUT2D eigenvalue weighted by Gasteiger charge is 2.28. The number of benzene rings is 1. The van der Waals surface area contributed by atoms with Gasteiger partial charge in [0.1, 0.15) is 5.75 Å². The lowest BCUT2D eigenvalue weighted by Gasteiger charge is -2.16. The summed E-state index contributed by atoms with van der Waals surface area (Å²) in [7, 11) is 0. The van der Waals surface area contributed by atoms with Crippen molar-refractivity contribution in [2.75, 3.05) is 11.4 Å². The quantitative estimate of drug-likeness (QED) is 0.713. The van der Waals surface area contributed by atoms with E-state index in [0.717, 1.165) is 11.3 Å². The molecule has 0 saturated carbocycles. The van der Waals surface area contributed by atoms with Gasteiger partial charge in [-0.2, -0.15) is 0 Å². The lowest BCUT2D eigenvalue weighted by molar-refractivity contribution is -0.117. The van der Waals surface area contributed by atoms with Gasteiger partial charge in [-0.3, -0.25) is 4.79 Å². The number of aromatic hydroxyl groups is 1. The number of hydrogen-bond acceptors (Lipinski definition) is 3. The first-order valence-electron chi connectivity index (χ1n) is 4.93. The van der Waals surface area contributed by atoms with Crippen molar-refractivity contribution in [1.29, 1.82) is 0 Å². The van der Waals surface area contributed by atoms with Gasteiger partial charge in [0, 0.05) is 30.8 Å². The molecule has 0 aliphatic carbocycles. The molecule has 1 aromatic rings. The van der Waals surface area contributed by atoms with Crippen LogP contribution in [0.2, 0.25) is 0 Å². The van der Waals surface area contributed by atoms with Crippen LogP contribution in [0.15, 0.2) is 18.2 Å². The average Bonchev–Trinajstić information content (AvgIpc) is 2.43. The van der Waals surface area contributed by atoms with Crippen LogP contribution in [-0.4, -0.2) is 23.6 Å². The molecule has 1 saturated heterocycles. The van der Waals surface area contributed by atoms with Crippen LogP contribution in [0.4, 0.5) is 5.69 Å². The highest BCUT2D eigenvalue weighted by atomic mass is 16.3. The van der Waals surface area contributed by atoms with Crippen molar-refractivity contribution in [1.82, 2.24) is 0 Å². The van der Waals surface area contributed by atoms with Gasteiger partial charge in [-0.1, -0.05) is 0 Å². The van der Waals surface area contributed by atoms with Gasteiger partial charge in [0.05, 0.1) is 0 Å². The van der Waals surface area contributed by atoms with Gasteiger partial charge in [-0.05, 0) is 24.6 Å². The summed E-state index contributed by atoms with van der Waals surface area (Å²) >= 11 is 0. The van der Waals surface area contributed by atoms with E-state index in [1.54, 1.807) is 17.0 Å². The Labute approximate surface area is 88.3 Å². The maximum Gasteiger partial charge on any atom is 0.228 e. The first kappa shape index (κ1) is 9.98. The molecule has 0 radical (unpaired) electrons. The molecule has 1 aliphatic heterocycles. The molecule has 1 unspecified atom stereocenters. The number of carbonyl (C=O) groups is 1. The molecule has 4 heteroatoms. The summed E-state index contributed by atoms with van der Waals surface area (Å²) in [6.07, 6.45) is 0.384. The van der Waals surface area contributed by atoms with E-state index in [9.17, 15) is 9.90 Å². The third-order valence-corrected chi connectivity index (χ3v) is 2.51. The number of anilines is 1. The van der Waals surface area contributed by atoms with Crippen molar-refractivity contribution in [2.24, 2.45) is 5.73 Å². The third-order valence-electron chi connectivity index (χ3n) is 2.51. The van der Waals surface area contributed by atoms with Crippen molar-refractivity contribution in [3.8, 4) is 5.75 Å². The van der Waals surface area contributed by atoms with E-state index in [-0.39, 0.29) is 17.7 Å². The van der Waals surface area contributed by atoms with E-state index in [4.69, 9.17) is 5.73 Å². The van der Waals surface area contributed by atoms with E-state index in [1.807, 2.05) is 13.0 Å². The van der Waals surface area contributed by atoms with Crippen LogP contribution in [0.1, 0.15) is 12.0 Å². The second-order valence-corrected chi connectivity index (χ2v) is 4.00. The summed E-state index contributed by atoms with van der Waals surface area (Å²) in [6, 6.07) is 5.02. The van der Waals surface area contributed by atoms with Crippen molar-refractivity contribution in [3.05, 3.63) is 23.8 Å². The summed E-state index contributed by atoms with van der Waals surface area (Å²) in [5, 5.41) is 9.44. The number of phenols is 1. The Morgan fingerprint density at radius 1 is 1.47 bits per heavy atom. The molecule has 4 nitrogen and oxygen atoms in total. The summed E-state index contributed by atoms with van der Waals surface area (Å²) in [4.78, 5) is 13.2. The highest BCUT2D eigenvalue weighted by molar-refractivity contribution is 5.96. The fourth-order valence-electron chi connectivity index (χ4n) is 1.88. The smallest absolute Gasteiger partial charge is 0.228 e. The van der Waals surface area contributed by atoms with Gasteiger partial charge in [-0.15, -0.1) is 0 Å². The zero-order chi connectivity index (χ0) is 11.0. The summed E-state index contributed by atoms with van der Waals surface area (Å²) in [5.74, 6) is 0.200. The Morgan fingerprint density at radius 3 is 2.73 bits per heavy atom. The Balaban J connectivity index is 2.33. The summed E-state index contributed by atoms with van der Waals surface area (Å²) in [6.45, 7) is 2.41. The average molecular weight is 206 g/mol. The largest absolute Gasteiger partial charge is 0.508 e. The second-order valence-electron chi connectivity index (χ2n) is 4.00. The minimum atomic E-state index is -0.0971. The first-order valence-corrected chi connectivity index (χ1v) is 4.93. The maximum absolute atomic E-state index is 11.6. The van der Waals surface area contributed by atoms with Gasteiger partial charge in [-0.25, -0.2) is 0 Å². The molecule has 0 aromatic heterocycles. The maximum atomic E-state index is 11.6. The van der Waals surface area contributed by atoms with Gasteiger partial charge in [0.2, 0.25) is 5.91 Å². The predicted octanol–water partition coefficient (Wildman–Crippen LogP) is 0.765. The molecule has 1 heterocycles. The summed E-state index contributed by atoms with van der Waals surface area (Å²) in [5.41, 5.74) is 7.36. The SMILES string of the molecule is Cc1cc(O)cc(N2CC(N)CC2=O)c1. The van der Waals surface area contributed by atoms with Crippen LogP contribution in [0, 0.1) is 6.92 Å². The molecule has 3 N–H and O–H groups in total. The number of nitrogens with two attached hydrogens (primary N) is 1. The van der Waals surface area contributed by atoms with Gasteiger partial charge < -0.3 is 15.7 Å². The van der Waals surface area contributed by atoms with Crippen LogP contribution < -0.4 is 10.6 Å². The lowest BCUT2D eigenvalue weighted by atomic mass is 10.2. The van der Waals surface area contributed by atoms with Crippen LogP contribution in [0.3, 0.4) is 0 Å². The molecular weight excluding hydrogens is 192 g/mol. The van der Waals surface area contributed by atoms with Gasteiger partial charge in [0.25, 0.3) is 0 Å². The number of nitrogens with zero attached hydrogens (tertiary/aromatic N) is 1. The fraction of sp³-hybridized carbons (Fsp3) is 0.364. The van der Waals surface area contributed by atoms with Crippen molar-refractivity contribution in [3.63, 3.8) is 0 Å². The zero-order valence-corrected chi connectivity index (χ0v) is 8.60. The number of amides is 1. The van der Waals surface area contributed by atoms with E-state index in [2.05, 4.69) is 0 Å². The number of phenolic OH excluding ortho intramolecular Hbond substituents is 1. The fourth-order valence-corrected chi connectivity index (χ4v) is 1.88. The van der Waals surface area contributed by atoms with E-state index < -0.39 is 0 Å². The minimum Gasteiger partial charge on any atom is -0.508 e. The topological polar surface area (TPSA) is 66.6 Å². The molecule has 80 valence electrons. The molecule has 15 heavy (non-hydrogen) atoms. The Kier molecular flexibility index (Phi) is 2.36. The highest BCUT2D eigenvalue weighted by Crippen LogP contribution is 2.26. The van der Waals surface area contributed by atoms with E-state index in [0.29, 0.717) is 13.0 Å². The van der Waals surface area contributed by atoms with Crippen molar-refractivity contribution < 1.29 is 9.90 Å². The molecular formula is C11H14N2O2. The predicted molar refractivity (Wildman–Crippen MR) is 57.8 cm³/mol. The Hall–Kier alpha value is -1.55. The van der Waals surface area contributed by atoms with Crippen molar-refractivity contribution in [2.45, 2.75) is 19.4 Å². The van der Waals surface area contributed by atoms with Crippen LogP contribution in [0.5, 0.6) is 5.75 Å². The zero-order valence-electron chi connectivity index (χ0n) is 8.60. The van der Waals surface area contributed by atoms with Gasteiger partial charge >= 0.3 is 0 Å². The molecule has 1 atom stereocenters. The minimum absolute atomic E-state index is 0.0208. The van der Waals surface area contributed by atoms with E-state index in [1.165, 1.54) is 0 Å². The van der Waals surface area contributed by atoms with Gasteiger partial charge in [0.15, 0.2) is 0 Å². The molecule has 0 spiro atoms. The Bertz CT molecular complexity index is 383. The van der Waals surface area contributed by atoms with Crippen LogP contribution >= 0.6 is 0 Å². The lowest BCUT2D eigenvalue weighted by Crippen LogP contribution is -2.27. The third kappa shape index (κ3) is 1.94. The second kappa shape index (κ2) is 3.55.